The summed E-state index contributed by atoms with van der Waals surface area (Å²) >= 11 is 0. The number of halogens is 2. The second-order valence-electron chi connectivity index (χ2n) is 7.16. The molecule has 0 radical (unpaired) electrons. The summed E-state index contributed by atoms with van der Waals surface area (Å²) in [4.78, 5) is 16.3. The van der Waals surface area contributed by atoms with Gasteiger partial charge in [-0.2, -0.15) is 0 Å². The van der Waals surface area contributed by atoms with Crippen LogP contribution in [0.5, 0.6) is 5.75 Å². The fraction of sp³-hybridized carbons (Fsp3) is 0.364. The SMILES string of the molecule is CN=C(NCC(=O)NCc1ccc(OC)cc1)NCC1(c2ccccc2F)CC1.I. The molecule has 162 valence electrons. The van der Waals surface area contributed by atoms with E-state index < -0.39 is 0 Å². The van der Waals surface area contributed by atoms with Gasteiger partial charge in [0.15, 0.2) is 5.96 Å². The van der Waals surface area contributed by atoms with E-state index in [4.69, 9.17) is 4.74 Å². The molecule has 2 aromatic carbocycles. The zero-order valence-electron chi connectivity index (χ0n) is 17.2. The van der Waals surface area contributed by atoms with Gasteiger partial charge in [-0.15, -0.1) is 24.0 Å². The van der Waals surface area contributed by atoms with Crippen LogP contribution in [0.15, 0.2) is 53.5 Å². The predicted octanol–water partition coefficient (Wildman–Crippen LogP) is 2.97. The lowest BCUT2D eigenvalue weighted by molar-refractivity contribution is -0.120. The molecule has 3 N–H and O–H groups in total. The minimum absolute atomic E-state index is 0. The predicted molar refractivity (Wildman–Crippen MR) is 127 cm³/mol. The number of methoxy groups -OCH3 is 1. The van der Waals surface area contributed by atoms with Crippen molar-refractivity contribution in [3.63, 3.8) is 0 Å². The zero-order valence-corrected chi connectivity index (χ0v) is 19.5. The first-order valence-electron chi connectivity index (χ1n) is 9.65. The molecule has 1 fully saturated rings. The molecule has 1 aliphatic rings. The average molecular weight is 526 g/mol. The standard InChI is InChI=1S/C22H27FN4O2.HI/c1-24-21(27-15-22(11-12-22)18-5-3-4-6-19(18)23)26-14-20(28)25-13-16-7-9-17(29-2)10-8-16;/h3-10H,11-15H2,1-2H3,(H,25,28)(H2,24,26,27);1H. The number of benzene rings is 2. The summed E-state index contributed by atoms with van der Waals surface area (Å²) in [6.45, 7) is 1.11. The second kappa shape index (κ2) is 11.1. The normalized spacial score (nSPS) is 14.3. The van der Waals surface area contributed by atoms with E-state index in [0.717, 1.165) is 29.7 Å². The molecular weight excluding hydrogens is 498 g/mol. The number of nitrogens with one attached hydrogen (secondary N) is 3. The molecule has 0 atom stereocenters. The maximum Gasteiger partial charge on any atom is 0.239 e. The highest BCUT2D eigenvalue weighted by Crippen LogP contribution is 2.48. The van der Waals surface area contributed by atoms with Gasteiger partial charge in [0.2, 0.25) is 5.91 Å². The molecule has 1 saturated carbocycles. The molecule has 0 spiro atoms. The number of carbonyl (C=O) groups is 1. The van der Waals surface area contributed by atoms with Crippen molar-refractivity contribution in [2.45, 2.75) is 24.8 Å². The highest BCUT2D eigenvalue weighted by atomic mass is 127. The van der Waals surface area contributed by atoms with Crippen molar-refractivity contribution in [3.05, 3.63) is 65.5 Å². The third-order valence-electron chi connectivity index (χ3n) is 5.18. The zero-order chi connectivity index (χ0) is 20.7. The summed E-state index contributed by atoms with van der Waals surface area (Å²) in [5, 5.41) is 9.08. The molecule has 6 nitrogen and oxygen atoms in total. The average Bonchev–Trinajstić information content (AvgIpc) is 3.54. The lowest BCUT2D eigenvalue weighted by Crippen LogP contribution is -2.45. The van der Waals surface area contributed by atoms with Crippen LogP contribution in [0.25, 0.3) is 0 Å². The van der Waals surface area contributed by atoms with Crippen molar-refractivity contribution in [1.29, 1.82) is 0 Å². The molecule has 1 amide bonds. The number of carbonyl (C=O) groups excluding carboxylic acids is 1. The lowest BCUT2D eigenvalue weighted by Gasteiger charge is -2.19. The third kappa shape index (κ3) is 6.32. The van der Waals surface area contributed by atoms with E-state index in [1.165, 1.54) is 6.07 Å². The van der Waals surface area contributed by atoms with Crippen LogP contribution in [0.2, 0.25) is 0 Å². The molecule has 30 heavy (non-hydrogen) atoms. The van der Waals surface area contributed by atoms with Gasteiger partial charge >= 0.3 is 0 Å². The first-order chi connectivity index (χ1) is 14.1. The number of aliphatic imine (C=N–C) groups is 1. The maximum absolute atomic E-state index is 14.1. The molecule has 0 bridgehead atoms. The first kappa shape index (κ1) is 23.9. The van der Waals surface area contributed by atoms with E-state index >= 15 is 0 Å². The molecule has 0 aromatic heterocycles. The van der Waals surface area contributed by atoms with Crippen LogP contribution in [0, 0.1) is 5.82 Å². The van der Waals surface area contributed by atoms with Crippen LogP contribution in [0.1, 0.15) is 24.0 Å². The Kier molecular flexibility index (Phi) is 8.88. The van der Waals surface area contributed by atoms with Crippen LogP contribution in [-0.2, 0) is 16.8 Å². The Bertz CT molecular complexity index is 870. The fourth-order valence-corrected chi connectivity index (χ4v) is 3.23. The van der Waals surface area contributed by atoms with Gasteiger partial charge in [-0.3, -0.25) is 9.79 Å². The van der Waals surface area contributed by atoms with E-state index in [2.05, 4.69) is 20.9 Å². The summed E-state index contributed by atoms with van der Waals surface area (Å²) in [5.41, 5.74) is 1.53. The third-order valence-corrected chi connectivity index (χ3v) is 5.18. The highest BCUT2D eigenvalue weighted by molar-refractivity contribution is 14.0. The Hall–Kier alpha value is -2.36. The Morgan fingerprint density at radius 1 is 1.10 bits per heavy atom. The molecular formula is C22H28FIN4O2. The smallest absolute Gasteiger partial charge is 0.239 e. The Labute approximate surface area is 193 Å². The Balaban J connectivity index is 0.00000320. The van der Waals surface area contributed by atoms with E-state index in [-0.39, 0.29) is 47.7 Å². The minimum atomic E-state index is -0.195. The van der Waals surface area contributed by atoms with Crippen molar-refractivity contribution < 1.29 is 13.9 Å². The van der Waals surface area contributed by atoms with Gasteiger partial charge in [0.25, 0.3) is 0 Å². The van der Waals surface area contributed by atoms with Gasteiger partial charge in [-0.05, 0) is 42.2 Å². The highest BCUT2D eigenvalue weighted by Gasteiger charge is 2.45. The first-order valence-corrected chi connectivity index (χ1v) is 9.65. The second-order valence-corrected chi connectivity index (χ2v) is 7.16. The van der Waals surface area contributed by atoms with Crippen LogP contribution < -0.4 is 20.7 Å². The summed E-state index contributed by atoms with van der Waals surface area (Å²) < 4.78 is 19.2. The van der Waals surface area contributed by atoms with E-state index in [1.54, 1.807) is 20.2 Å². The molecule has 8 heteroatoms. The Morgan fingerprint density at radius 2 is 1.80 bits per heavy atom. The number of hydrogen-bond donors (Lipinski definition) is 3. The van der Waals surface area contributed by atoms with Crippen molar-refractivity contribution in [2.75, 3.05) is 27.2 Å². The molecule has 0 saturated heterocycles. The molecule has 0 unspecified atom stereocenters. The van der Waals surface area contributed by atoms with E-state index in [0.29, 0.717) is 19.0 Å². The van der Waals surface area contributed by atoms with Gasteiger partial charge in [0.05, 0.1) is 13.7 Å². The van der Waals surface area contributed by atoms with Gasteiger partial charge < -0.3 is 20.7 Å². The number of rotatable bonds is 8. The van der Waals surface area contributed by atoms with Gasteiger partial charge in [0.1, 0.15) is 11.6 Å². The number of nitrogens with zero attached hydrogens (tertiary/aromatic N) is 1. The van der Waals surface area contributed by atoms with Gasteiger partial charge in [-0.1, -0.05) is 30.3 Å². The topological polar surface area (TPSA) is 74.8 Å². The monoisotopic (exact) mass is 526 g/mol. The van der Waals surface area contributed by atoms with E-state index in [1.807, 2.05) is 36.4 Å². The van der Waals surface area contributed by atoms with Crippen molar-refractivity contribution in [3.8, 4) is 5.75 Å². The summed E-state index contributed by atoms with van der Waals surface area (Å²) in [6.07, 6.45) is 1.86. The molecule has 0 heterocycles. The van der Waals surface area contributed by atoms with E-state index in [9.17, 15) is 9.18 Å². The number of guanidine groups is 1. The quantitative estimate of drug-likeness (QED) is 0.281. The summed E-state index contributed by atoms with van der Waals surface area (Å²) in [6, 6.07) is 14.4. The van der Waals surface area contributed by atoms with Crippen molar-refractivity contribution in [1.82, 2.24) is 16.0 Å². The van der Waals surface area contributed by atoms with Crippen LogP contribution in [0.3, 0.4) is 0 Å². The van der Waals surface area contributed by atoms with Crippen LogP contribution in [0.4, 0.5) is 4.39 Å². The number of ether oxygens (including phenoxy) is 1. The summed E-state index contributed by atoms with van der Waals surface area (Å²) in [5.74, 6) is 0.985. The summed E-state index contributed by atoms with van der Waals surface area (Å²) in [7, 11) is 3.26. The molecule has 1 aliphatic carbocycles. The van der Waals surface area contributed by atoms with Crippen LogP contribution in [-0.4, -0.2) is 39.1 Å². The lowest BCUT2D eigenvalue weighted by atomic mass is 9.95. The molecule has 2 aromatic rings. The largest absolute Gasteiger partial charge is 0.497 e. The molecule has 0 aliphatic heterocycles. The minimum Gasteiger partial charge on any atom is -0.497 e. The molecule has 3 rings (SSSR count). The maximum atomic E-state index is 14.1. The fourth-order valence-electron chi connectivity index (χ4n) is 3.23. The van der Waals surface area contributed by atoms with Gasteiger partial charge in [-0.25, -0.2) is 4.39 Å². The van der Waals surface area contributed by atoms with Crippen molar-refractivity contribution >= 4 is 35.8 Å². The van der Waals surface area contributed by atoms with Gasteiger partial charge in [0, 0.05) is 25.6 Å². The van der Waals surface area contributed by atoms with Crippen molar-refractivity contribution in [2.24, 2.45) is 4.99 Å². The van der Waals surface area contributed by atoms with Crippen LogP contribution >= 0.6 is 24.0 Å². The Morgan fingerprint density at radius 3 is 2.40 bits per heavy atom. The number of hydrogen-bond acceptors (Lipinski definition) is 3. The number of amides is 1.